The molecular formula is C25H23BrN4O3S3. The van der Waals surface area contributed by atoms with E-state index in [4.69, 9.17) is 0 Å². The molecule has 1 fully saturated rings. The fourth-order valence-electron chi connectivity index (χ4n) is 3.91. The zero-order valence-corrected chi connectivity index (χ0v) is 23.4. The molecule has 0 saturated carbocycles. The highest BCUT2D eigenvalue weighted by atomic mass is 79.9. The van der Waals surface area contributed by atoms with Crippen molar-refractivity contribution in [2.45, 2.75) is 24.7 Å². The lowest BCUT2D eigenvalue weighted by atomic mass is 10.0. The van der Waals surface area contributed by atoms with Crippen molar-refractivity contribution in [1.82, 2.24) is 9.29 Å². The molecule has 186 valence electrons. The Morgan fingerprint density at radius 1 is 1.17 bits per heavy atom. The molecule has 0 radical (unpaired) electrons. The number of thiophene rings is 1. The summed E-state index contributed by atoms with van der Waals surface area (Å²) in [6.45, 7) is 3.17. The van der Waals surface area contributed by atoms with Gasteiger partial charge in [0.15, 0.2) is 0 Å². The summed E-state index contributed by atoms with van der Waals surface area (Å²) < 4.78 is 29.5. The number of hydrogen-bond acceptors (Lipinski definition) is 7. The average molecular weight is 604 g/mol. The summed E-state index contributed by atoms with van der Waals surface area (Å²) in [5, 5.41) is 8.10. The van der Waals surface area contributed by atoms with Crippen LogP contribution in [0.1, 0.15) is 35.0 Å². The molecule has 0 atom stereocenters. The number of amides is 1. The number of sulfonamides is 1. The second kappa shape index (κ2) is 10.5. The molecule has 1 aliphatic heterocycles. The Labute approximate surface area is 226 Å². The van der Waals surface area contributed by atoms with Gasteiger partial charge in [-0.25, -0.2) is 13.4 Å². The molecule has 3 heterocycles. The van der Waals surface area contributed by atoms with Gasteiger partial charge in [-0.05, 0) is 72.7 Å². The van der Waals surface area contributed by atoms with E-state index in [2.05, 4.69) is 32.9 Å². The summed E-state index contributed by atoms with van der Waals surface area (Å²) in [6.07, 6.45) is 3.33. The minimum absolute atomic E-state index is 0.187. The lowest BCUT2D eigenvalue weighted by Crippen LogP contribution is -2.37. The fraction of sp³-hybridized carbons (Fsp3) is 0.240. The van der Waals surface area contributed by atoms with Crippen LogP contribution >= 0.6 is 38.6 Å². The SMILES string of the molecule is CC1CCN(S(=O)(=O)c2ccc(C(=O)N(/N=C/c3cccs3)c3nc4ccc(Br)cc4s3)cc2)CC1. The highest BCUT2D eigenvalue weighted by Crippen LogP contribution is 2.32. The number of piperidine rings is 1. The summed E-state index contributed by atoms with van der Waals surface area (Å²) >= 11 is 6.34. The molecule has 1 saturated heterocycles. The first-order chi connectivity index (χ1) is 17.3. The normalized spacial score (nSPS) is 15.6. The van der Waals surface area contributed by atoms with Gasteiger partial charge < -0.3 is 0 Å². The predicted molar refractivity (Wildman–Crippen MR) is 150 cm³/mol. The van der Waals surface area contributed by atoms with Crippen LogP contribution in [0.25, 0.3) is 10.2 Å². The largest absolute Gasteiger partial charge is 0.280 e. The van der Waals surface area contributed by atoms with Gasteiger partial charge in [0.05, 0.1) is 21.3 Å². The second-order valence-corrected chi connectivity index (χ2v) is 13.4. The molecule has 1 amide bonds. The Kier molecular flexibility index (Phi) is 7.36. The van der Waals surface area contributed by atoms with E-state index in [-0.39, 0.29) is 4.90 Å². The molecule has 0 N–H and O–H groups in total. The second-order valence-electron chi connectivity index (χ2n) is 8.60. The molecule has 4 aromatic rings. The lowest BCUT2D eigenvalue weighted by Gasteiger charge is -2.29. The third-order valence-electron chi connectivity index (χ3n) is 6.04. The van der Waals surface area contributed by atoms with Crippen LogP contribution in [0.15, 0.2) is 74.4 Å². The standard InChI is InChI=1S/C25H23BrN4O3S3/c1-17-10-12-29(13-11-17)36(32,33)21-7-4-18(5-8-21)24(31)30(27-16-20-3-2-14-34-20)25-28-22-9-6-19(26)15-23(22)35-25/h2-9,14-17H,10-13H2,1H3/b27-16+. The summed E-state index contributed by atoms with van der Waals surface area (Å²) in [7, 11) is -3.60. The highest BCUT2D eigenvalue weighted by Gasteiger charge is 2.28. The Balaban J connectivity index is 1.45. The van der Waals surface area contributed by atoms with E-state index in [0.29, 0.717) is 29.7 Å². The van der Waals surface area contributed by atoms with Gasteiger partial charge in [-0.3, -0.25) is 4.79 Å². The fourth-order valence-corrected chi connectivity index (χ4v) is 7.43. The van der Waals surface area contributed by atoms with Crippen molar-refractivity contribution in [1.29, 1.82) is 0 Å². The maximum atomic E-state index is 13.6. The number of carbonyl (C=O) groups is 1. The van der Waals surface area contributed by atoms with Crippen LogP contribution in [-0.4, -0.2) is 42.9 Å². The first-order valence-electron chi connectivity index (χ1n) is 11.4. The number of benzene rings is 2. The number of anilines is 1. The molecular weight excluding hydrogens is 580 g/mol. The van der Waals surface area contributed by atoms with Crippen molar-refractivity contribution >= 4 is 76.1 Å². The molecule has 0 spiro atoms. The van der Waals surface area contributed by atoms with Gasteiger partial charge >= 0.3 is 0 Å². The van der Waals surface area contributed by atoms with Crippen molar-refractivity contribution in [3.63, 3.8) is 0 Å². The van der Waals surface area contributed by atoms with E-state index in [1.165, 1.54) is 44.1 Å². The predicted octanol–water partition coefficient (Wildman–Crippen LogP) is 6.22. The Morgan fingerprint density at radius 2 is 1.92 bits per heavy atom. The Bertz CT molecular complexity index is 1510. The molecule has 0 aliphatic carbocycles. The number of fused-ring (bicyclic) bond motifs is 1. The molecule has 5 rings (SSSR count). The molecule has 0 bridgehead atoms. The number of hydrazone groups is 1. The van der Waals surface area contributed by atoms with Crippen LogP contribution in [0.4, 0.5) is 5.13 Å². The monoisotopic (exact) mass is 602 g/mol. The number of thiazole rings is 1. The van der Waals surface area contributed by atoms with Gasteiger partial charge in [-0.15, -0.1) is 11.3 Å². The van der Waals surface area contributed by atoms with Crippen LogP contribution in [-0.2, 0) is 10.0 Å². The summed E-state index contributed by atoms with van der Waals surface area (Å²) in [4.78, 5) is 19.3. The summed E-state index contributed by atoms with van der Waals surface area (Å²) in [6, 6.07) is 15.6. The smallest absolute Gasteiger partial charge is 0.267 e. The van der Waals surface area contributed by atoms with Gasteiger partial charge in [0.2, 0.25) is 15.2 Å². The summed E-state index contributed by atoms with van der Waals surface area (Å²) in [5.74, 6) is 0.137. The van der Waals surface area contributed by atoms with Crippen molar-refractivity contribution in [2.24, 2.45) is 11.0 Å². The third-order valence-corrected chi connectivity index (χ3v) is 10.2. The van der Waals surface area contributed by atoms with E-state index in [1.807, 2.05) is 35.7 Å². The van der Waals surface area contributed by atoms with Crippen LogP contribution in [0.2, 0.25) is 0 Å². The Hall–Kier alpha value is -2.44. The number of hydrogen-bond donors (Lipinski definition) is 0. The molecule has 11 heteroatoms. The van der Waals surface area contributed by atoms with Gasteiger partial charge in [0.25, 0.3) is 5.91 Å². The van der Waals surface area contributed by atoms with Crippen LogP contribution in [0, 0.1) is 5.92 Å². The first-order valence-corrected chi connectivity index (χ1v) is 15.3. The van der Waals surface area contributed by atoms with E-state index >= 15 is 0 Å². The minimum atomic E-state index is -3.60. The zero-order valence-electron chi connectivity index (χ0n) is 19.4. The molecule has 7 nitrogen and oxygen atoms in total. The number of carbonyl (C=O) groups excluding carboxylic acids is 1. The van der Waals surface area contributed by atoms with Gasteiger partial charge in [-0.1, -0.05) is 40.3 Å². The minimum Gasteiger partial charge on any atom is -0.267 e. The molecule has 2 aromatic carbocycles. The maximum Gasteiger partial charge on any atom is 0.280 e. The Morgan fingerprint density at radius 3 is 2.61 bits per heavy atom. The van der Waals surface area contributed by atoms with Crippen molar-refractivity contribution in [3.8, 4) is 0 Å². The van der Waals surface area contributed by atoms with Crippen molar-refractivity contribution < 1.29 is 13.2 Å². The molecule has 2 aromatic heterocycles. The van der Waals surface area contributed by atoms with E-state index in [0.717, 1.165) is 32.4 Å². The van der Waals surface area contributed by atoms with Crippen molar-refractivity contribution in [2.75, 3.05) is 18.1 Å². The molecule has 36 heavy (non-hydrogen) atoms. The van der Waals surface area contributed by atoms with Gasteiger partial charge in [-0.2, -0.15) is 14.4 Å². The molecule has 0 unspecified atom stereocenters. The van der Waals surface area contributed by atoms with E-state index in [1.54, 1.807) is 18.3 Å². The lowest BCUT2D eigenvalue weighted by molar-refractivity contribution is 0.0987. The van der Waals surface area contributed by atoms with Crippen LogP contribution in [0.5, 0.6) is 0 Å². The van der Waals surface area contributed by atoms with Crippen LogP contribution in [0.3, 0.4) is 0 Å². The average Bonchev–Trinajstić information content (AvgIpc) is 3.54. The maximum absolute atomic E-state index is 13.6. The molecule has 1 aliphatic rings. The number of nitrogens with zero attached hydrogens (tertiary/aromatic N) is 4. The van der Waals surface area contributed by atoms with Crippen LogP contribution < -0.4 is 5.01 Å². The van der Waals surface area contributed by atoms with Crippen molar-refractivity contribution in [3.05, 3.63) is 74.9 Å². The topological polar surface area (TPSA) is 82.9 Å². The number of halogens is 1. The number of aromatic nitrogens is 1. The summed E-state index contributed by atoms with van der Waals surface area (Å²) in [5.41, 5.74) is 1.09. The highest BCUT2D eigenvalue weighted by molar-refractivity contribution is 9.10. The van der Waals surface area contributed by atoms with Gasteiger partial charge in [0, 0.05) is 28.0 Å². The quantitative estimate of drug-likeness (QED) is 0.194. The number of rotatable bonds is 6. The van der Waals surface area contributed by atoms with Gasteiger partial charge in [0.1, 0.15) is 0 Å². The van der Waals surface area contributed by atoms with E-state index < -0.39 is 15.9 Å². The third kappa shape index (κ3) is 5.30. The van der Waals surface area contributed by atoms with E-state index in [9.17, 15) is 13.2 Å². The first kappa shape index (κ1) is 25.2. The zero-order chi connectivity index (χ0) is 25.3.